The second kappa shape index (κ2) is 8.09. The van der Waals surface area contributed by atoms with E-state index in [2.05, 4.69) is 0 Å². The predicted octanol–water partition coefficient (Wildman–Crippen LogP) is 1.43. The quantitative estimate of drug-likeness (QED) is 0.822. The van der Waals surface area contributed by atoms with Crippen LogP contribution in [0.5, 0.6) is 0 Å². The van der Waals surface area contributed by atoms with Crippen LogP contribution in [0.3, 0.4) is 0 Å². The Morgan fingerprint density at radius 2 is 1.88 bits per heavy atom. The van der Waals surface area contributed by atoms with Gasteiger partial charge in [-0.25, -0.2) is 8.78 Å². The number of rotatable bonds is 6. The number of hydrogen-bond acceptors (Lipinski definition) is 4. The van der Waals surface area contributed by atoms with Gasteiger partial charge in [0.25, 0.3) is 0 Å². The monoisotopic (exact) mass is 369 g/mol. The van der Waals surface area contributed by atoms with Crippen LogP contribution in [-0.4, -0.2) is 79.0 Å². The lowest BCUT2D eigenvalue weighted by atomic mass is 9.91. The number of carboxylic acids is 1. The number of benzene rings is 1. The van der Waals surface area contributed by atoms with Gasteiger partial charge in [0.1, 0.15) is 6.04 Å². The van der Waals surface area contributed by atoms with Crippen LogP contribution in [0, 0.1) is 17.6 Å². The van der Waals surface area contributed by atoms with Gasteiger partial charge in [0.15, 0.2) is 11.6 Å². The molecule has 1 aliphatic rings. The molecule has 1 heterocycles. The number of carboxylic acid groups (broad SMARTS) is 1. The molecule has 26 heavy (non-hydrogen) atoms. The maximum absolute atomic E-state index is 14.4. The maximum Gasteiger partial charge on any atom is 0.320 e. The van der Waals surface area contributed by atoms with Gasteiger partial charge in [0, 0.05) is 25.7 Å². The van der Waals surface area contributed by atoms with Crippen LogP contribution < -0.4 is 0 Å². The summed E-state index contributed by atoms with van der Waals surface area (Å²) in [5, 5.41) is 9.45. The topological polar surface area (TPSA) is 64.1 Å². The Kier molecular flexibility index (Phi) is 6.30. The Morgan fingerprint density at radius 3 is 2.46 bits per heavy atom. The molecule has 1 aromatic rings. The first-order chi connectivity index (χ1) is 12.1. The molecular weight excluding hydrogens is 344 g/mol. The number of carbonyl (C=O) groups excluding carboxylic acids is 1. The highest BCUT2D eigenvalue weighted by Gasteiger charge is 2.48. The first-order valence-electron chi connectivity index (χ1n) is 8.43. The molecule has 1 N–H and O–H groups in total. The third-order valence-corrected chi connectivity index (χ3v) is 4.95. The van der Waals surface area contributed by atoms with Gasteiger partial charge in [-0.3, -0.25) is 14.5 Å². The molecule has 1 saturated heterocycles. The average molecular weight is 369 g/mol. The van der Waals surface area contributed by atoms with Gasteiger partial charge < -0.3 is 14.9 Å². The summed E-state index contributed by atoms with van der Waals surface area (Å²) in [7, 11) is 6.93. The molecule has 0 aromatic heterocycles. The van der Waals surface area contributed by atoms with Crippen LogP contribution in [0.1, 0.15) is 18.0 Å². The first-order valence-corrected chi connectivity index (χ1v) is 8.43. The van der Waals surface area contributed by atoms with Crippen molar-refractivity contribution in [1.29, 1.82) is 0 Å². The van der Waals surface area contributed by atoms with Crippen molar-refractivity contribution in [3.8, 4) is 0 Å². The van der Waals surface area contributed by atoms with Crippen molar-refractivity contribution in [1.82, 2.24) is 14.7 Å². The number of amides is 1. The number of nitrogens with zero attached hydrogens (tertiary/aromatic N) is 3. The fourth-order valence-corrected chi connectivity index (χ4v) is 3.45. The van der Waals surface area contributed by atoms with E-state index in [1.165, 1.54) is 29.0 Å². The van der Waals surface area contributed by atoms with Crippen LogP contribution in [0.25, 0.3) is 0 Å². The zero-order valence-corrected chi connectivity index (χ0v) is 15.4. The highest BCUT2D eigenvalue weighted by Crippen LogP contribution is 2.42. The zero-order chi connectivity index (χ0) is 19.6. The summed E-state index contributed by atoms with van der Waals surface area (Å²) in [6, 6.07) is 2.01. The predicted molar refractivity (Wildman–Crippen MR) is 92.6 cm³/mol. The Balaban J connectivity index is 2.36. The summed E-state index contributed by atoms with van der Waals surface area (Å²) in [6.45, 7) is 1.11. The lowest BCUT2D eigenvalue weighted by molar-refractivity contribution is -0.142. The molecule has 1 amide bonds. The summed E-state index contributed by atoms with van der Waals surface area (Å²) in [5.41, 5.74) is 0.00982. The maximum atomic E-state index is 14.4. The number of aliphatic carboxylic acids is 1. The molecule has 1 fully saturated rings. The van der Waals surface area contributed by atoms with E-state index in [0.717, 1.165) is 6.07 Å². The molecule has 8 heteroatoms. The molecule has 1 aliphatic heterocycles. The third kappa shape index (κ3) is 4.02. The Morgan fingerprint density at radius 1 is 1.23 bits per heavy atom. The summed E-state index contributed by atoms with van der Waals surface area (Å²) in [6.07, 6.45) is 0.0532. The lowest BCUT2D eigenvalue weighted by Gasteiger charge is -2.29. The number of likely N-dealkylation sites (tertiary alicyclic amines) is 1. The van der Waals surface area contributed by atoms with Gasteiger partial charge in [0.2, 0.25) is 5.91 Å². The van der Waals surface area contributed by atoms with Gasteiger partial charge in [0.05, 0.1) is 12.0 Å². The first kappa shape index (κ1) is 20.3. The second-order valence-corrected chi connectivity index (χ2v) is 7.01. The van der Waals surface area contributed by atoms with Gasteiger partial charge in [-0.15, -0.1) is 0 Å². The van der Waals surface area contributed by atoms with E-state index in [1.807, 2.05) is 19.0 Å². The van der Waals surface area contributed by atoms with Crippen LogP contribution in [-0.2, 0) is 9.59 Å². The molecule has 0 saturated carbocycles. The van der Waals surface area contributed by atoms with Crippen LogP contribution in [0.15, 0.2) is 18.2 Å². The second-order valence-electron chi connectivity index (χ2n) is 7.01. The van der Waals surface area contributed by atoms with E-state index >= 15 is 0 Å². The standard InChI is InChI=1S/C18H25F2N3O3/c1-21(2)8-9-22(3)17(24)12-10-14(18(25)26)23(4)16(12)11-6-5-7-13(19)15(11)20/h5-7,12,14,16H,8-10H2,1-4H3,(H,25,26)/t12-,14-,16-/m0/s1. The molecule has 3 atom stereocenters. The summed E-state index contributed by atoms with van der Waals surface area (Å²) < 4.78 is 28.1. The SMILES string of the molecule is CN(C)CCN(C)C(=O)[C@H]1C[C@@H](C(=O)O)N(C)[C@H]1c1cccc(F)c1F. The normalized spacial score (nSPS) is 23.4. The molecule has 1 aromatic carbocycles. The van der Waals surface area contributed by atoms with Crippen LogP contribution in [0.4, 0.5) is 8.78 Å². The molecule has 6 nitrogen and oxygen atoms in total. The largest absolute Gasteiger partial charge is 0.480 e. The molecule has 144 valence electrons. The van der Waals surface area contributed by atoms with Crippen LogP contribution >= 0.6 is 0 Å². The lowest BCUT2D eigenvalue weighted by Crippen LogP contribution is -2.39. The molecule has 0 radical (unpaired) electrons. The number of halogens is 2. The number of hydrogen-bond donors (Lipinski definition) is 1. The Bertz CT molecular complexity index is 684. The van der Waals surface area contributed by atoms with Crippen molar-refractivity contribution in [3.63, 3.8) is 0 Å². The highest BCUT2D eigenvalue weighted by atomic mass is 19.2. The van der Waals surface area contributed by atoms with E-state index in [1.54, 1.807) is 7.05 Å². The van der Waals surface area contributed by atoms with E-state index in [0.29, 0.717) is 13.1 Å². The minimum atomic E-state index is -1.08. The summed E-state index contributed by atoms with van der Waals surface area (Å²) in [5.74, 6) is -4.16. The molecule has 0 bridgehead atoms. The summed E-state index contributed by atoms with van der Waals surface area (Å²) in [4.78, 5) is 29.4. The van der Waals surface area contributed by atoms with Crippen LogP contribution in [0.2, 0.25) is 0 Å². The average Bonchev–Trinajstić information content (AvgIpc) is 2.92. The molecule has 2 rings (SSSR count). The molecular formula is C18H25F2N3O3. The van der Waals surface area contributed by atoms with Crippen molar-refractivity contribution < 1.29 is 23.5 Å². The fraction of sp³-hybridized carbons (Fsp3) is 0.556. The van der Waals surface area contributed by atoms with Gasteiger partial charge in [-0.2, -0.15) is 0 Å². The Labute approximate surface area is 152 Å². The summed E-state index contributed by atoms with van der Waals surface area (Å²) >= 11 is 0. The smallest absolute Gasteiger partial charge is 0.320 e. The van der Waals surface area contributed by atoms with Gasteiger partial charge in [-0.05, 0) is 33.6 Å². The van der Waals surface area contributed by atoms with Gasteiger partial charge >= 0.3 is 5.97 Å². The Hall–Kier alpha value is -2.06. The number of carbonyl (C=O) groups is 2. The van der Waals surface area contributed by atoms with Crippen molar-refractivity contribution >= 4 is 11.9 Å². The van der Waals surface area contributed by atoms with E-state index < -0.39 is 35.6 Å². The van der Waals surface area contributed by atoms with E-state index in [4.69, 9.17) is 0 Å². The fourth-order valence-electron chi connectivity index (χ4n) is 3.45. The van der Waals surface area contributed by atoms with E-state index in [-0.39, 0.29) is 17.9 Å². The van der Waals surface area contributed by atoms with Crippen molar-refractivity contribution in [2.24, 2.45) is 5.92 Å². The zero-order valence-electron chi connectivity index (χ0n) is 15.4. The third-order valence-electron chi connectivity index (χ3n) is 4.95. The molecule has 0 unspecified atom stereocenters. The highest BCUT2D eigenvalue weighted by molar-refractivity contribution is 5.83. The van der Waals surface area contributed by atoms with E-state index in [9.17, 15) is 23.5 Å². The minimum absolute atomic E-state index is 0.00982. The van der Waals surface area contributed by atoms with Crippen molar-refractivity contribution in [2.45, 2.75) is 18.5 Å². The number of likely N-dealkylation sites (N-methyl/N-ethyl adjacent to an activating group) is 3. The molecule has 0 spiro atoms. The van der Waals surface area contributed by atoms with Crippen molar-refractivity contribution in [3.05, 3.63) is 35.4 Å². The van der Waals surface area contributed by atoms with Gasteiger partial charge in [-0.1, -0.05) is 12.1 Å². The van der Waals surface area contributed by atoms with Crippen molar-refractivity contribution in [2.75, 3.05) is 41.3 Å². The molecule has 0 aliphatic carbocycles. The minimum Gasteiger partial charge on any atom is -0.480 e.